The van der Waals surface area contributed by atoms with E-state index in [9.17, 15) is 9.59 Å². The molecule has 4 heteroatoms. The molecule has 0 radical (unpaired) electrons. The van der Waals surface area contributed by atoms with E-state index in [0.717, 1.165) is 8.95 Å². The van der Waals surface area contributed by atoms with Crippen molar-refractivity contribution in [2.45, 2.75) is 0 Å². The Morgan fingerprint density at radius 2 is 1.25 bits per heavy atom. The SMILES string of the molecule is O=Cc1cc(Br)c(Br)cc1C=O. The van der Waals surface area contributed by atoms with Gasteiger partial charge in [0.1, 0.15) is 0 Å². The summed E-state index contributed by atoms with van der Waals surface area (Å²) in [6, 6.07) is 3.20. The number of rotatable bonds is 2. The topological polar surface area (TPSA) is 34.1 Å². The van der Waals surface area contributed by atoms with E-state index in [1.807, 2.05) is 0 Å². The third-order valence-electron chi connectivity index (χ3n) is 1.38. The molecule has 0 heterocycles. The summed E-state index contributed by atoms with van der Waals surface area (Å²) in [6.07, 6.45) is 1.31. The first-order chi connectivity index (χ1) is 5.69. The van der Waals surface area contributed by atoms with Gasteiger partial charge in [0.05, 0.1) is 0 Å². The average molecular weight is 292 g/mol. The molecule has 0 aliphatic rings. The smallest absolute Gasteiger partial charge is 0.150 e. The van der Waals surface area contributed by atoms with Gasteiger partial charge in [0, 0.05) is 20.1 Å². The van der Waals surface area contributed by atoms with Crippen molar-refractivity contribution in [2.24, 2.45) is 0 Å². The van der Waals surface area contributed by atoms with Gasteiger partial charge in [-0.25, -0.2) is 0 Å². The number of halogens is 2. The van der Waals surface area contributed by atoms with E-state index in [1.54, 1.807) is 12.1 Å². The first-order valence-electron chi connectivity index (χ1n) is 3.08. The van der Waals surface area contributed by atoms with Crippen LogP contribution in [0, 0.1) is 0 Å². The highest BCUT2D eigenvalue weighted by atomic mass is 79.9. The Labute approximate surface area is 86.2 Å². The fourth-order valence-corrected chi connectivity index (χ4v) is 1.50. The maximum Gasteiger partial charge on any atom is 0.150 e. The fourth-order valence-electron chi connectivity index (χ4n) is 0.782. The molecule has 0 aliphatic heterocycles. The van der Waals surface area contributed by atoms with Crippen molar-refractivity contribution < 1.29 is 9.59 Å². The predicted molar refractivity (Wildman–Crippen MR) is 52.6 cm³/mol. The molecule has 0 aromatic heterocycles. The molecule has 12 heavy (non-hydrogen) atoms. The van der Waals surface area contributed by atoms with Crippen LogP contribution in [0.5, 0.6) is 0 Å². The van der Waals surface area contributed by atoms with E-state index >= 15 is 0 Å². The van der Waals surface area contributed by atoms with Crippen LogP contribution in [0.1, 0.15) is 20.7 Å². The summed E-state index contributed by atoms with van der Waals surface area (Å²) < 4.78 is 1.52. The average Bonchev–Trinajstić information content (AvgIpc) is 2.09. The number of hydrogen-bond acceptors (Lipinski definition) is 2. The first kappa shape index (κ1) is 9.61. The fraction of sp³-hybridized carbons (Fsp3) is 0. The Bertz CT molecular complexity index is 301. The van der Waals surface area contributed by atoms with Crippen molar-refractivity contribution in [3.8, 4) is 0 Å². The third kappa shape index (κ3) is 1.81. The molecule has 0 saturated carbocycles. The molecule has 0 fully saturated rings. The summed E-state index contributed by atoms with van der Waals surface area (Å²) in [5.74, 6) is 0. The highest BCUT2D eigenvalue weighted by molar-refractivity contribution is 9.13. The summed E-state index contributed by atoms with van der Waals surface area (Å²) in [4.78, 5) is 20.9. The molecule has 0 unspecified atom stereocenters. The summed E-state index contributed by atoms with van der Waals surface area (Å²) in [6.45, 7) is 0. The lowest BCUT2D eigenvalue weighted by Crippen LogP contribution is -1.90. The van der Waals surface area contributed by atoms with E-state index in [0.29, 0.717) is 23.7 Å². The van der Waals surface area contributed by atoms with Crippen LogP contribution >= 0.6 is 31.9 Å². The van der Waals surface area contributed by atoms with Crippen LogP contribution in [-0.4, -0.2) is 12.6 Å². The summed E-state index contributed by atoms with van der Waals surface area (Å²) in [7, 11) is 0. The van der Waals surface area contributed by atoms with Gasteiger partial charge in [-0.1, -0.05) is 0 Å². The monoisotopic (exact) mass is 290 g/mol. The Morgan fingerprint density at radius 3 is 1.50 bits per heavy atom. The first-order valence-corrected chi connectivity index (χ1v) is 4.67. The van der Waals surface area contributed by atoms with Gasteiger partial charge in [0.2, 0.25) is 0 Å². The van der Waals surface area contributed by atoms with Crippen LogP contribution in [0.15, 0.2) is 21.1 Å². The van der Waals surface area contributed by atoms with Gasteiger partial charge in [0.25, 0.3) is 0 Å². The number of benzene rings is 1. The van der Waals surface area contributed by atoms with E-state index in [4.69, 9.17) is 0 Å². The maximum absolute atomic E-state index is 10.5. The van der Waals surface area contributed by atoms with Gasteiger partial charge in [-0.15, -0.1) is 0 Å². The van der Waals surface area contributed by atoms with Crippen molar-refractivity contribution in [2.75, 3.05) is 0 Å². The lowest BCUT2D eigenvalue weighted by molar-refractivity contribution is 0.109. The second kappa shape index (κ2) is 3.96. The maximum atomic E-state index is 10.5. The Balaban J connectivity index is 3.37. The quantitative estimate of drug-likeness (QED) is 0.785. The second-order valence-electron chi connectivity index (χ2n) is 2.13. The van der Waals surface area contributed by atoms with E-state index in [-0.39, 0.29) is 0 Å². The van der Waals surface area contributed by atoms with Crippen LogP contribution in [0.25, 0.3) is 0 Å². The molecular formula is C8H4Br2O2. The number of hydrogen-bond donors (Lipinski definition) is 0. The lowest BCUT2D eigenvalue weighted by Gasteiger charge is -1.99. The molecule has 1 aromatic rings. The molecule has 2 nitrogen and oxygen atoms in total. The van der Waals surface area contributed by atoms with Crippen molar-refractivity contribution >= 4 is 44.4 Å². The van der Waals surface area contributed by atoms with Gasteiger partial charge in [0.15, 0.2) is 12.6 Å². The van der Waals surface area contributed by atoms with Crippen molar-refractivity contribution in [3.05, 3.63) is 32.2 Å². The van der Waals surface area contributed by atoms with Crippen LogP contribution in [0.4, 0.5) is 0 Å². The van der Waals surface area contributed by atoms with Crippen molar-refractivity contribution in [1.29, 1.82) is 0 Å². The Morgan fingerprint density at radius 1 is 0.917 bits per heavy atom. The molecule has 0 atom stereocenters. The predicted octanol–water partition coefficient (Wildman–Crippen LogP) is 2.84. The third-order valence-corrected chi connectivity index (χ3v) is 3.22. The van der Waals surface area contributed by atoms with Crippen LogP contribution in [-0.2, 0) is 0 Å². The summed E-state index contributed by atoms with van der Waals surface area (Å²) in [5, 5.41) is 0. The Hall–Kier alpha value is -0.480. The number of carbonyl (C=O) groups excluding carboxylic acids is 2. The van der Waals surface area contributed by atoms with Gasteiger partial charge < -0.3 is 0 Å². The summed E-state index contributed by atoms with van der Waals surface area (Å²) >= 11 is 6.46. The number of aldehydes is 2. The zero-order chi connectivity index (χ0) is 9.14. The molecule has 0 bridgehead atoms. The van der Waals surface area contributed by atoms with E-state index in [1.165, 1.54) is 0 Å². The largest absolute Gasteiger partial charge is 0.298 e. The molecule has 1 rings (SSSR count). The lowest BCUT2D eigenvalue weighted by atomic mass is 10.1. The minimum absolute atomic E-state index is 0.389. The van der Waals surface area contributed by atoms with Crippen LogP contribution in [0.2, 0.25) is 0 Å². The van der Waals surface area contributed by atoms with Gasteiger partial charge in [-0.05, 0) is 44.0 Å². The highest BCUT2D eigenvalue weighted by Crippen LogP contribution is 2.25. The molecule has 1 aromatic carbocycles. The van der Waals surface area contributed by atoms with E-state index < -0.39 is 0 Å². The molecule has 0 saturated heterocycles. The zero-order valence-electron chi connectivity index (χ0n) is 5.88. The minimum atomic E-state index is 0.389. The molecule has 0 amide bonds. The van der Waals surface area contributed by atoms with Crippen molar-refractivity contribution in [1.82, 2.24) is 0 Å². The van der Waals surface area contributed by atoms with Crippen LogP contribution < -0.4 is 0 Å². The number of carbonyl (C=O) groups is 2. The highest BCUT2D eigenvalue weighted by Gasteiger charge is 2.04. The second-order valence-corrected chi connectivity index (χ2v) is 3.84. The standard InChI is InChI=1S/C8H4Br2O2/c9-7-1-5(3-11)6(4-12)2-8(7)10/h1-4H. The normalized spacial score (nSPS) is 9.50. The van der Waals surface area contributed by atoms with Crippen LogP contribution in [0.3, 0.4) is 0 Å². The molecule has 0 spiro atoms. The molecular weight excluding hydrogens is 288 g/mol. The molecule has 0 N–H and O–H groups in total. The van der Waals surface area contributed by atoms with Gasteiger partial charge >= 0.3 is 0 Å². The summed E-state index contributed by atoms with van der Waals surface area (Å²) in [5.41, 5.74) is 0.778. The van der Waals surface area contributed by atoms with E-state index in [2.05, 4.69) is 31.9 Å². The zero-order valence-corrected chi connectivity index (χ0v) is 9.05. The van der Waals surface area contributed by atoms with Crippen molar-refractivity contribution in [3.63, 3.8) is 0 Å². The minimum Gasteiger partial charge on any atom is -0.298 e. The molecule has 62 valence electrons. The molecule has 0 aliphatic carbocycles. The van der Waals surface area contributed by atoms with Gasteiger partial charge in [-0.2, -0.15) is 0 Å². The van der Waals surface area contributed by atoms with Gasteiger partial charge in [-0.3, -0.25) is 9.59 Å². The Kier molecular flexibility index (Phi) is 3.17.